The van der Waals surface area contributed by atoms with E-state index in [9.17, 15) is 4.79 Å². The lowest BCUT2D eigenvalue weighted by molar-refractivity contribution is -0.118. The quantitative estimate of drug-likeness (QED) is 0.735. The molecule has 76 valence electrons. The van der Waals surface area contributed by atoms with Crippen LogP contribution in [0.5, 0.6) is 5.75 Å². The van der Waals surface area contributed by atoms with E-state index in [0.29, 0.717) is 6.54 Å². The molecule has 0 aliphatic heterocycles. The minimum absolute atomic E-state index is 0.0730. The van der Waals surface area contributed by atoms with Gasteiger partial charge in [0, 0.05) is 6.54 Å². The molecule has 0 unspecified atom stereocenters. The normalized spacial score (nSPS) is 9.57. The number of benzene rings is 1. The Morgan fingerprint density at radius 2 is 2.36 bits per heavy atom. The van der Waals surface area contributed by atoms with E-state index in [1.54, 1.807) is 7.11 Å². The van der Waals surface area contributed by atoms with Gasteiger partial charge in [-0.25, -0.2) is 0 Å². The molecule has 0 aromatic heterocycles. The summed E-state index contributed by atoms with van der Waals surface area (Å²) in [6, 6.07) is 7.57. The Morgan fingerprint density at radius 1 is 1.57 bits per heavy atom. The van der Waals surface area contributed by atoms with Crippen LogP contribution in [-0.2, 0) is 11.3 Å². The van der Waals surface area contributed by atoms with Gasteiger partial charge in [-0.05, 0) is 17.7 Å². The van der Waals surface area contributed by atoms with E-state index in [1.807, 2.05) is 24.3 Å². The summed E-state index contributed by atoms with van der Waals surface area (Å²) >= 11 is 3.86. The molecule has 0 aliphatic carbocycles. The number of carbonyl (C=O) groups excluding carboxylic acids is 1. The molecule has 0 atom stereocenters. The number of hydrogen-bond donors (Lipinski definition) is 2. The van der Waals surface area contributed by atoms with Crippen LogP contribution in [0.4, 0.5) is 0 Å². The molecular formula is C10H13NO2S. The zero-order chi connectivity index (χ0) is 10.4. The number of nitrogens with one attached hydrogen (secondary N) is 1. The molecule has 1 N–H and O–H groups in total. The number of methoxy groups -OCH3 is 1. The first-order chi connectivity index (χ1) is 6.76. The first kappa shape index (κ1) is 10.9. The van der Waals surface area contributed by atoms with E-state index >= 15 is 0 Å². The van der Waals surface area contributed by atoms with Crippen molar-refractivity contribution in [3.63, 3.8) is 0 Å². The second-order valence-corrected chi connectivity index (χ2v) is 3.10. The van der Waals surface area contributed by atoms with Crippen molar-refractivity contribution in [1.29, 1.82) is 0 Å². The lowest BCUT2D eigenvalue weighted by Crippen LogP contribution is -2.23. The molecule has 0 aliphatic rings. The third kappa shape index (κ3) is 3.30. The van der Waals surface area contributed by atoms with E-state index in [1.165, 1.54) is 0 Å². The highest BCUT2D eigenvalue weighted by molar-refractivity contribution is 7.81. The van der Waals surface area contributed by atoms with E-state index in [2.05, 4.69) is 17.9 Å². The number of rotatable bonds is 4. The fraction of sp³-hybridized carbons (Fsp3) is 0.300. The van der Waals surface area contributed by atoms with E-state index in [4.69, 9.17) is 4.74 Å². The average Bonchev–Trinajstić information content (AvgIpc) is 2.26. The number of thiol groups is 1. The summed E-state index contributed by atoms with van der Waals surface area (Å²) < 4.78 is 5.06. The molecule has 0 heterocycles. The Balaban J connectivity index is 2.54. The summed E-state index contributed by atoms with van der Waals surface area (Å²) in [4.78, 5) is 10.9. The number of amides is 1. The lowest BCUT2D eigenvalue weighted by Gasteiger charge is -2.05. The fourth-order valence-corrected chi connectivity index (χ4v) is 1.15. The number of hydrogen-bond acceptors (Lipinski definition) is 3. The first-order valence-corrected chi connectivity index (χ1v) is 4.90. The lowest BCUT2D eigenvalue weighted by atomic mass is 10.2. The Bertz CT molecular complexity index is 315. The van der Waals surface area contributed by atoms with Crippen LogP contribution in [0.15, 0.2) is 24.3 Å². The van der Waals surface area contributed by atoms with Gasteiger partial charge in [0.15, 0.2) is 0 Å². The largest absolute Gasteiger partial charge is 0.497 e. The maximum absolute atomic E-state index is 10.9. The molecule has 1 aromatic rings. The first-order valence-electron chi connectivity index (χ1n) is 4.26. The average molecular weight is 211 g/mol. The third-order valence-electron chi connectivity index (χ3n) is 1.77. The fourth-order valence-electron chi connectivity index (χ4n) is 1.04. The van der Waals surface area contributed by atoms with Crippen molar-refractivity contribution in [3.8, 4) is 5.75 Å². The van der Waals surface area contributed by atoms with Crippen molar-refractivity contribution < 1.29 is 9.53 Å². The number of ether oxygens (including phenoxy) is 1. The van der Waals surface area contributed by atoms with Crippen LogP contribution in [0, 0.1) is 0 Å². The summed E-state index contributed by atoms with van der Waals surface area (Å²) in [6.45, 7) is 0.511. The van der Waals surface area contributed by atoms with Crippen LogP contribution in [0.2, 0.25) is 0 Å². The molecule has 0 radical (unpaired) electrons. The zero-order valence-corrected chi connectivity index (χ0v) is 8.88. The predicted molar refractivity (Wildman–Crippen MR) is 58.7 cm³/mol. The summed E-state index contributed by atoms with van der Waals surface area (Å²) in [7, 11) is 1.62. The molecule has 0 spiro atoms. The van der Waals surface area contributed by atoms with Gasteiger partial charge in [0.25, 0.3) is 0 Å². The van der Waals surface area contributed by atoms with Crippen molar-refractivity contribution in [1.82, 2.24) is 5.32 Å². The summed E-state index contributed by atoms with van der Waals surface area (Å²) in [5.41, 5.74) is 1.01. The Hall–Kier alpha value is -1.16. The van der Waals surface area contributed by atoms with Gasteiger partial charge >= 0.3 is 0 Å². The van der Waals surface area contributed by atoms with Crippen molar-refractivity contribution in [2.45, 2.75) is 6.54 Å². The Kier molecular flexibility index (Phi) is 4.32. The monoisotopic (exact) mass is 211 g/mol. The van der Waals surface area contributed by atoms with Gasteiger partial charge in [-0.15, -0.1) is 0 Å². The van der Waals surface area contributed by atoms with Crippen LogP contribution in [0.1, 0.15) is 5.56 Å². The minimum atomic E-state index is -0.0730. The van der Waals surface area contributed by atoms with Crippen molar-refractivity contribution in [2.24, 2.45) is 0 Å². The molecule has 0 saturated heterocycles. The molecule has 14 heavy (non-hydrogen) atoms. The molecule has 1 amide bonds. The molecule has 0 saturated carbocycles. The van der Waals surface area contributed by atoms with Gasteiger partial charge in [0.05, 0.1) is 12.9 Å². The van der Waals surface area contributed by atoms with Crippen LogP contribution in [0.3, 0.4) is 0 Å². The smallest absolute Gasteiger partial charge is 0.229 e. The molecule has 4 heteroatoms. The van der Waals surface area contributed by atoms with Crippen molar-refractivity contribution in [2.75, 3.05) is 12.9 Å². The van der Waals surface area contributed by atoms with E-state index in [0.717, 1.165) is 11.3 Å². The topological polar surface area (TPSA) is 38.3 Å². The van der Waals surface area contributed by atoms with Crippen molar-refractivity contribution in [3.05, 3.63) is 29.8 Å². The SMILES string of the molecule is COc1cccc(CNC(=O)CS)c1. The Morgan fingerprint density at radius 3 is 3.00 bits per heavy atom. The zero-order valence-electron chi connectivity index (χ0n) is 7.99. The van der Waals surface area contributed by atoms with Gasteiger partial charge in [-0.1, -0.05) is 12.1 Å². The highest BCUT2D eigenvalue weighted by Gasteiger charge is 1.98. The van der Waals surface area contributed by atoms with Gasteiger partial charge in [-0.3, -0.25) is 4.79 Å². The molecule has 3 nitrogen and oxygen atoms in total. The molecule has 1 aromatic carbocycles. The maximum Gasteiger partial charge on any atom is 0.229 e. The third-order valence-corrected chi connectivity index (χ3v) is 2.05. The van der Waals surface area contributed by atoms with Gasteiger partial charge < -0.3 is 10.1 Å². The van der Waals surface area contributed by atoms with Crippen LogP contribution >= 0.6 is 12.6 Å². The highest BCUT2D eigenvalue weighted by Crippen LogP contribution is 2.11. The summed E-state index contributed by atoms with van der Waals surface area (Å²) in [5, 5.41) is 2.73. The summed E-state index contributed by atoms with van der Waals surface area (Å²) in [6.07, 6.45) is 0. The van der Waals surface area contributed by atoms with Crippen LogP contribution in [-0.4, -0.2) is 18.8 Å². The molecular weight excluding hydrogens is 198 g/mol. The number of carbonyl (C=O) groups is 1. The highest BCUT2D eigenvalue weighted by atomic mass is 32.1. The molecule has 0 bridgehead atoms. The second-order valence-electron chi connectivity index (χ2n) is 2.79. The molecule has 1 rings (SSSR count). The van der Waals surface area contributed by atoms with E-state index < -0.39 is 0 Å². The van der Waals surface area contributed by atoms with Gasteiger partial charge in [0.1, 0.15) is 5.75 Å². The standard InChI is InChI=1S/C10H13NO2S/c1-13-9-4-2-3-8(5-9)6-11-10(12)7-14/h2-5,14H,6-7H2,1H3,(H,11,12). The van der Waals surface area contributed by atoms with Gasteiger partial charge in [-0.2, -0.15) is 12.6 Å². The minimum Gasteiger partial charge on any atom is -0.497 e. The predicted octanol–water partition coefficient (Wildman–Crippen LogP) is 1.24. The van der Waals surface area contributed by atoms with Crippen LogP contribution in [0.25, 0.3) is 0 Å². The molecule has 0 fully saturated rings. The summed E-state index contributed by atoms with van der Waals surface area (Å²) in [5.74, 6) is 0.933. The van der Waals surface area contributed by atoms with Crippen LogP contribution < -0.4 is 10.1 Å². The van der Waals surface area contributed by atoms with Gasteiger partial charge in [0.2, 0.25) is 5.91 Å². The van der Waals surface area contributed by atoms with Crippen molar-refractivity contribution >= 4 is 18.5 Å². The second kappa shape index (κ2) is 5.54. The van der Waals surface area contributed by atoms with E-state index in [-0.39, 0.29) is 11.7 Å². The Labute approximate surface area is 88.9 Å². The maximum atomic E-state index is 10.9.